The number of carbonyl (C=O) groups is 4. The Labute approximate surface area is 134 Å². The molecule has 0 bridgehead atoms. The van der Waals surface area contributed by atoms with E-state index in [0.717, 1.165) is 11.7 Å². The Balaban J connectivity index is 3.08. The molecular weight excluding hydrogens is 322 g/mol. The van der Waals surface area contributed by atoms with Crippen LogP contribution in [0.4, 0.5) is 0 Å². The van der Waals surface area contributed by atoms with Gasteiger partial charge in [0.25, 0.3) is 0 Å². The molecule has 1 heterocycles. The number of para-hydroxylation sites is 1. The number of rotatable bonds is 5. The van der Waals surface area contributed by atoms with Gasteiger partial charge in [-0.1, -0.05) is 18.2 Å². The fourth-order valence-corrected chi connectivity index (χ4v) is 2.32. The summed E-state index contributed by atoms with van der Waals surface area (Å²) in [5, 5.41) is 28.0. The molecule has 3 N–H and O–H groups in total. The van der Waals surface area contributed by atoms with E-state index in [1.807, 2.05) is 0 Å². The second-order valence-electron chi connectivity index (χ2n) is 4.53. The number of aromatic carboxylic acids is 3. The molecule has 0 saturated carbocycles. The molecule has 0 fully saturated rings. The van der Waals surface area contributed by atoms with Crippen LogP contribution < -0.4 is 0 Å². The van der Waals surface area contributed by atoms with E-state index in [4.69, 9.17) is 0 Å². The van der Waals surface area contributed by atoms with Gasteiger partial charge >= 0.3 is 23.9 Å². The summed E-state index contributed by atoms with van der Waals surface area (Å²) in [6.07, 6.45) is 0. The smallest absolute Gasteiger partial charge is 0.355 e. The zero-order valence-corrected chi connectivity index (χ0v) is 12.2. The van der Waals surface area contributed by atoms with Gasteiger partial charge in [0.15, 0.2) is 0 Å². The van der Waals surface area contributed by atoms with Crippen LogP contribution in [-0.4, -0.2) is 50.9 Å². The summed E-state index contributed by atoms with van der Waals surface area (Å²) in [5.74, 6) is -6.42. The lowest BCUT2D eigenvalue weighted by molar-refractivity contribution is 0.0573. The molecule has 0 aliphatic carbocycles. The third-order valence-electron chi connectivity index (χ3n) is 3.19. The van der Waals surface area contributed by atoms with Crippen molar-refractivity contribution in [1.29, 1.82) is 0 Å². The lowest BCUT2D eigenvalue weighted by Crippen LogP contribution is -2.16. The van der Waals surface area contributed by atoms with E-state index >= 15 is 0 Å². The highest BCUT2D eigenvalue weighted by atomic mass is 16.5. The number of hydrogen-bond acceptors (Lipinski definition) is 5. The number of esters is 1. The standard InChI is InChI=1S/C15H11NO8/c1-24-15(23)11-9(13(19)20)8(12(17)18)10(14(21)22)16(11)7-5-3-2-4-6-7/h2-6H,1H3,(H,17,18)(H,19,20)(H,21,22). The average molecular weight is 333 g/mol. The molecule has 0 spiro atoms. The maximum Gasteiger partial charge on any atom is 0.355 e. The number of hydrogen-bond donors (Lipinski definition) is 3. The SMILES string of the molecule is COC(=O)c1c(C(=O)O)c(C(=O)O)c(C(=O)O)n1-c1ccccc1. The second-order valence-corrected chi connectivity index (χ2v) is 4.53. The van der Waals surface area contributed by atoms with Gasteiger partial charge in [0.2, 0.25) is 0 Å². The zero-order valence-electron chi connectivity index (χ0n) is 12.2. The maximum atomic E-state index is 12.1. The van der Waals surface area contributed by atoms with Crippen molar-refractivity contribution in [3.05, 3.63) is 52.8 Å². The van der Waals surface area contributed by atoms with Crippen molar-refractivity contribution in [2.24, 2.45) is 0 Å². The number of methoxy groups -OCH3 is 1. The molecule has 124 valence electrons. The fourth-order valence-electron chi connectivity index (χ4n) is 2.32. The Morgan fingerprint density at radius 2 is 1.33 bits per heavy atom. The van der Waals surface area contributed by atoms with E-state index in [2.05, 4.69) is 4.74 Å². The molecule has 2 rings (SSSR count). The van der Waals surface area contributed by atoms with E-state index in [9.17, 15) is 34.5 Å². The van der Waals surface area contributed by atoms with Crippen LogP contribution >= 0.6 is 0 Å². The summed E-state index contributed by atoms with van der Waals surface area (Å²) < 4.78 is 5.26. The summed E-state index contributed by atoms with van der Waals surface area (Å²) in [6, 6.07) is 7.44. The van der Waals surface area contributed by atoms with E-state index in [0.29, 0.717) is 0 Å². The monoisotopic (exact) mass is 333 g/mol. The molecular formula is C15H11NO8. The van der Waals surface area contributed by atoms with Crippen molar-refractivity contribution < 1.29 is 39.2 Å². The molecule has 9 nitrogen and oxygen atoms in total. The van der Waals surface area contributed by atoms with Crippen LogP contribution in [0.2, 0.25) is 0 Å². The predicted molar refractivity (Wildman–Crippen MR) is 78.0 cm³/mol. The first-order valence-electron chi connectivity index (χ1n) is 6.43. The molecule has 1 aromatic heterocycles. The fraction of sp³-hybridized carbons (Fsp3) is 0.0667. The molecule has 2 aromatic rings. The zero-order chi connectivity index (χ0) is 18.0. The largest absolute Gasteiger partial charge is 0.478 e. The summed E-state index contributed by atoms with van der Waals surface area (Å²) in [6.45, 7) is 0. The van der Waals surface area contributed by atoms with Gasteiger partial charge in [0, 0.05) is 5.69 Å². The number of benzene rings is 1. The van der Waals surface area contributed by atoms with E-state index in [1.54, 1.807) is 6.07 Å². The highest BCUT2D eigenvalue weighted by Gasteiger charge is 2.38. The number of carbonyl (C=O) groups excluding carboxylic acids is 1. The minimum Gasteiger partial charge on any atom is -0.478 e. The highest BCUT2D eigenvalue weighted by Crippen LogP contribution is 2.28. The molecule has 24 heavy (non-hydrogen) atoms. The molecule has 0 radical (unpaired) electrons. The van der Waals surface area contributed by atoms with Gasteiger partial charge in [0.1, 0.15) is 22.5 Å². The molecule has 1 aromatic carbocycles. The Morgan fingerprint density at radius 1 is 0.833 bits per heavy atom. The van der Waals surface area contributed by atoms with Crippen LogP contribution in [0.5, 0.6) is 0 Å². The van der Waals surface area contributed by atoms with E-state index in [1.165, 1.54) is 24.3 Å². The number of aromatic nitrogens is 1. The van der Waals surface area contributed by atoms with Crippen LogP contribution in [0.3, 0.4) is 0 Å². The van der Waals surface area contributed by atoms with Crippen LogP contribution in [0.25, 0.3) is 5.69 Å². The van der Waals surface area contributed by atoms with Crippen molar-refractivity contribution >= 4 is 23.9 Å². The average Bonchev–Trinajstić information content (AvgIpc) is 2.91. The molecule has 0 aliphatic rings. The third-order valence-corrected chi connectivity index (χ3v) is 3.19. The lowest BCUT2D eigenvalue weighted by atomic mass is 10.1. The van der Waals surface area contributed by atoms with Crippen LogP contribution in [0.1, 0.15) is 41.7 Å². The minimum absolute atomic E-state index is 0.102. The summed E-state index contributed by atoms with van der Waals surface area (Å²) >= 11 is 0. The Bertz CT molecular complexity index is 850. The molecule has 0 amide bonds. The minimum atomic E-state index is -1.79. The van der Waals surface area contributed by atoms with Crippen LogP contribution in [-0.2, 0) is 4.74 Å². The normalized spacial score (nSPS) is 10.2. The van der Waals surface area contributed by atoms with Gasteiger partial charge in [-0.3, -0.25) is 4.57 Å². The lowest BCUT2D eigenvalue weighted by Gasteiger charge is -2.10. The predicted octanol–water partition coefficient (Wildman–Crippen LogP) is 1.36. The summed E-state index contributed by atoms with van der Waals surface area (Å²) in [5.41, 5.74) is -3.39. The van der Waals surface area contributed by atoms with Crippen molar-refractivity contribution in [2.45, 2.75) is 0 Å². The van der Waals surface area contributed by atoms with Crippen LogP contribution in [0, 0.1) is 0 Å². The molecule has 0 aliphatic heterocycles. The Kier molecular flexibility index (Phi) is 4.36. The maximum absolute atomic E-state index is 12.1. The van der Waals surface area contributed by atoms with Gasteiger partial charge in [0.05, 0.1) is 7.11 Å². The molecule has 9 heteroatoms. The first-order valence-corrected chi connectivity index (χ1v) is 6.43. The number of carboxylic acids is 3. The molecule has 0 atom stereocenters. The second kappa shape index (κ2) is 6.24. The summed E-state index contributed by atoms with van der Waals surface area (Å²) in [4.78, 5) is 46.6. The molecule has 0 saturated heterocycles. The summed E-state index contributed by atoms with van der Waals surface area (Å²) in [7, 11) is 0.969. The first-order chi connectivity index (χ1) is 11.3. The van der Waals surface area contributed by atoms with Gasteiger partial charge in [-0.25, -0.2) is 19.2 Å². The van der Waals surface area contributed by atoms with Crippen molar-refractivity contribution in [3.8, 4) is 5.69 Å². The van der Waals surface area contributed by atoms with Gasteiger partial charge < -0.3 is 20.1 Å². The van der Waals surface area contributed by atoms with Crippen molar-refractivity contribution in [2.75, 3.05) is 7.11 Å². The number of carboxylic acid groups (broad SMARTS) is 3. The number of ether oxygens (including phenoxy) is 1. The molecule has 0 unspecified atom stereocenters. The van der Waals surface area contributed by atoms with Gasteiger partial charge in [-0.2, -0.15) is 0 Å². The third kappa shape index (κ3) is 2.58. The van der Waals surface area contributed by atoms with Crippen LogP contribution in [0.15, 0.2) is 30.3 Å². The number of nitrogens with zero attached hydrogens (tertiary/aromatic N) is 1. The van der Waals surface area contributed by atoms with E-state index in [-0.39, 0.29) is 5.69 Å². The van der Waals surface area contributed by atoms with Gasteiger partial charge in [-0.05, 0) is 12.1 Å². The van der Waals surface area contributed by atoms with E-state index < -0.39 is 46.4 Å². The Hall–Kier alpha value is -3.62. The quantitative estimate of drug-likeness (QED) is 0.696. The highest BCUT2D eigenvalue weighted by molar-refractivity contribution is 6.14. The van der Waals surface area contributed by atoms with Crippen molar-refractivity contribution in [3.63, 3.8) is 0 Å². The first kappa shape index (κ1) is 16.7. The Morgan fingerprint density at radius 3 is 1.75 bits per heavy atom. The van der Waals surface area contributed by atoms with Gasteiger partial charge in [-0.15, -0.1) is 0 Å². The topological polar surface area (TPSA) is 143 Å². The van der Waals surface area contributed by atoms with Crippen molar-refractivity contribution in [1.82, 2.24) is 4.57 Å².